The monoisotopic (exact) mass is 285 g/mol. The number of carbonyl (C=O) groups is 1. The molecule has 5 heteroatoms. The molecular weight excluding hydrogens is 266 g/mol. The normalized spacial score (nSPS) is 10.2. The van der Waals surface area contributed by atoms with Gasteiger partial charge in [0.15, 0.2) is 6.61 Å². The molecule has 0 saturated carbocycles. The predicted molar refractivity (Wildman–Crippen MR) is 82.2 cm³/mol. The number of aryl methyl sites for hydroxylation is 1. The van der Waals surface area contributed by atoms with E-state index >= 15 is 0 Å². The molecule has 0 spiro atoms. The summed E-state index contributed by atoms with van der Waals surface area (Å²) in [5, 5.41) is 2.71. The first-order valence-corrected chi connectivity index (χ1v) is 6.74. The SMILES string of the molecule is Cc1cccc(OCC(=O)Nc2ncccc2CN)c1C. The van der Waals surface area contributed by atoms with Gasteiger partial charge in [-0.05, 0) is 37.1 Å². The molecule has 5 nitrogen and oxygen atoms in total. The molecule has 1 amide bonds. The van der Waals surface area contributed by atoms with Crippen molar-refractivity contribution in [1.82, 2.24) is 4.98 Å². The van der Waals surface area contributed by atoms with Crippen molar-refractivity contribution in [2.75, 3.05) is 11.9 Å². The van der Waals surface area contributed by atoms with Gasteiger partial charge in [0.1, 0.15) is 11.6 Å². The zero-order valence-electron chi connectivity index (χ0n) is 12.2. The molecule has 0 aliphatic heterocycles. The third kappa shape index (κ3) is 3.79. The van der Waals surface area contributed by atoms with Crippen molar-refractivity contribution in [3.05, 3.63) is 53.2 Å². The highest BCUT2D eigenvalue weighted by Crippen LogP contribution is 2.20. The summed E-state index contributed by atoms with van der Waals surface area (Å²) in [7, 11) is 0. The quantitative estimate of drug-likeness (QED) is 0.882. The van der Waals surface area contributed by atoms with Gasteiger partial charge in [-0.3, -0.25) is 4.79 Å². The summed E-state index contributed by atoms with van der Waals surface area (Å²) in [6, 6.07) is 9.37. The average molecular weight is 285 g/mol. The van der Waals surface area contributed by atoms with Crippen LogP contribution in [0.1, 0.15) is 16.7 Å². The molecule has 0 radical (unpaired) electrons. The summed E-state index contributed by atoms with van der Waals surface area (Å²) < 4.78 is 5.55. The predicted octanol–water partition coefficient (Wildman–Crippen LogP) is 2.17. The maximum absolute atomic E-state index is 11.9. The largest absolute Gasteiger partial charge is 0.483 e. The molecule has 0 aliphatic carbocycles. The summed E-state index contributed by atoms with van der Waals surface area (Å²) in [6.45, 7) is 4.23. The van der Waals surface area contributed by atoms with Gasteiger partial charge in [0, 0.05) is 18.3 Å². The minimum atomic E-state index is -0.260. The molecule has 1 aromatic carbocycles. The number of anilines is 1. The van der Waals surface area contributed by atoms with E-state index in [0.29, 0.717) is 18.1 Å². The molecule has 3 N–H and O–H groups in total. The molecular formula is C16H19N3O2. The number of nitrogens with zero attached hydrogens (tertiary/aromatic N) is 1. The third-order valence-electron chi connectivity index (χ3n) is 3.28. The van der Waals surface area contributed by atoms with Gasteiger partial charge in [0.05, 0.1) is 0 Å². The number of rotatable bonds is 5. The van der Waals surface area contributed by atoms with Crippen molar-refractivity contribution in [3.63, 3.8) is 0 Å². The number of hydrogen-bond donors (Lipinski definition) is 2. The Morgan fingerprint density at radius 2 is 2.10 bits per heavy atom. The van der Waals surface area contributed by atoms with E-state index in [9.17, 15) is 4.79 Å². The van der Waals surface area contributed by atoms with Crippen molar-refractivity contribution in [2.45, 2.75) is 20.4 Å². The van der Waals surface area contributed by atoms with Gasteiger partial charge < -0.3 is 15.8 Å². The van der Waals surface area contributed by atoms with E-state index in [0.717, 1.165) is 16.7 Å². The minimum Gasteiger partial charge on any atom is -0.483 e. The molecule has 0 fully saturated rings. The van der Waals surface area contributed by atoms with Crippen LogP contribution in [-0.4, -0.2) is 17.5 Å². The molecule has 2 aromatic rings. The first kappa shape index (κ1) is 15.0. The molecule has 0 aliphatic rings. The second kappa shape index (κ2) is 6.85. The smallest absolute Gasteiger partial charge is 0.263 e. The minimum absolute atomic E-state index is 0.0646. The van der Waals surface area contributed by atoms with Crippen molar-refractivity contribution >= 4 is 11.7 Å². The number of carbonyl (C=O) groups excluding carboxylic acids is 1. The van der Waals surface area contributed by atoms with Crippen molar-refractivity contribution in [1.29, 1.82) is 0 Å². The molecule has 0 unspecified atom stereocenters. The fourth-order valence-electron chi connectivity index (χ4n) is 1.91. The first-order chi connectivity index (χ1) is 10.1. The molecule has 0 atom stereocenters. The highest BCUT2D eigenvalue weighted by Gasteiger charge is 2.09. The van der Waals surface area contributed by atoms with Crippen molar-refractivity contribution in [2.24, 2.45) is 5.73 Å². The van der Waals surface area contributed by atoms with Gasteiger partial charge in [-0.15, -0.1) is 0 Å². The number of nitrogens with two attached hydrogens (primary N) is 1. The molecule has 21 heavy (non-hydrogen) atoms. The molecule has 0 bridgehead atoms. The zero-order chi connectivity index (χ0) is 15.2. The van der Waals surface area contributed by atoms with Crippen LogP contribution in [0.15, 0.2) is 36.5 Å². The van der Waals surface area contributed by atoms with E-state index in [-0.39, 0.29) is 12.5 Å². The van der Waals surface area contributed by atoms with Gasteiger partial charge in [-0.25, -0.2) is 4.98 Å². The van der Waals surface area contributed by atoms with Crippen LogP contribution in [0.3, 0.4) is 0 Å². The molecule has 110 valence electrons. The van der Waals surface area contributed by atoms with Crippen LogP contribution >= 0.6 is 0 Å². The van der Waals surface area contributed by atoms with Gasteiger partial charge in [0.25, 0.3) is 5.91 Å². The second-order valence-electron chi connectivity index (χ2n) is 4.75. The van der Waals surface area contributed by atoms with Crippen LogP contribution in [0.25, 0.3) is 0 Å². The van der Waals surface area contributed by atoms with Crippen LogP contribution in [0.2, 0.25) is 0 Å². The van der Waals surface area contributed by atoms with Gasteiger partial charge >= 0.3 is 0 Å². The summed E-state index contributed by atoms with van der Waals surface area (Å²) in [5.41, 5.74) is 8.56. The number of benzene rings is 1. The fourth-order valence-corrected chi connectivity index (χ4v) is 1.91. The Hall–Kier alpha value is -2.40. The summed E-state index contributed by atoms with van der Waals surface area (Å²) in [6.07, 6.45) is 1.61. The number of amides is 1. The topological polar surface area (TPSA) is 77.2 Å². The highest BCUT2D eigenvalue weighted by molar-refractivity contribution is 5.91. The first-order valence-electron chi connectivity index (χ1n) is 6.74. The van der Waals surface area contributed by atoms with Gasteiger partial charge in [-0.1, -0.05) is 18.2 Å². The Bertz CT molecular complexity index is 641. The van der Waals surface area contributed by atoms with Crippen molar-refractivity contribution in [3.8, 4) is 5.75 Å². The van der Waals surface area contributed by atoms with Crippen LogP contribution < -0.4 is 15.8 Å². The lowest BCUT2D eigenvalue weighted by Crippen LogP contribution is -2.22. The Kier molecular flexibility index (Phi) is 4.90. The van der Waals surface area contributed by atoms with Crippen LogP contribution in [0, 0.1) is 13.8 Å². The van der Waals surface area contributed by atoms with Gasteiger partial charge in [0.2, 0.25) is 0 Å². The fraction of sp³-hybridized carbons (Fsp3) is 0.250. The van der Waals surface area contributed by atoms with Crippen molar-refractivity contribution < 1.29 is 9.53 Å². The number of aromatic nitrogens is 1. The van der Waals surface area contributed by atoms with E-state index in [2.05, 4.69) is 10.3 Å². The number of hydrogen-bond acceptors (Lipinski definition) is 4. The lowest BCUT2D eigenvalue weighted by Gasteiger charge is -2.12. The molecule has 2 rings (SSSR count). The lowest BCUT2D eigenvalue weighted by atomic mass is 10.1. The number of pyridine rings is 1. The summed E-state index contributed by atoms with van der Waals surface area (Å²) in [5.74, 6) is 0.934. The van der Waals surface area contributed by atoms with Crippen LogP contribution in [0.5, 0.6) is 5.75 Å². The standard InChI is InChI=1S/C16H19N3O2/c1-11-5-3-7-14(12(11)2)21-10-15(20)19-16-13(9-17)6-4-8-18-16/h3-8H,9-10,17H2,1-2H3,(H,18,19,20). The van der Waals surface area contributed by atoms with Crippen LogP contribution in [0.4, 0.5) is 5.82 Å². The van der Waals surface area contributed by atoms with E-state index in [4.69, 9.17) is 10.5 Å². The third-order valence-corrected chi connectivity index (χ3v) is 3.28. The maximum atomic E-state index is 11.9. The van der Waals surface area contributed by atoms with E-state index in [1.807, 2.05) is 38.1 Å². The Balaban J connectivity index is 1.98. The van der Waals surface area contributed by atoms with E-state index < -0.39 is 0 Å². The maximum Gasteiger partial charge on any atom is 0.263 e. The molecule has 1 aromatic heterocycles. The Morgan fingerprint density at radius 3 is 2.86 bits per heavy atom. The highest BCUT2D eigenvalue weighted by atomic mass is 16.5. The summed E-state index contributed by atoms with van der Waals surface area (Å²) >= 11 is 0. The van der Waals surface area contributed by atoms with E-state index in [1.165, 1.54) is 0 Å². The number of nitrogens with one attached hydrogen (secondary N) is 1. The second-order valence-corrected chi connectivity index (χ2v) is 4.75. The molecule has 0 saturated heterocycles. The zero-order valence-corrected chi connectivity index (χ0v) is 12.2. The van der Waals surface area contributed by atoms with E-state index in [1.54, 1.807) is 12.3 Å². The van der Waals surface area contributed by atoms with Gasteiger partial charge in [-0.2, -0.15) is 0 Å². The Labute approximate surface area is 124 Å². The summed E-state index contributed by atoms with van der Waals surface area (Å²) in [4.78, 5) is 16.0. The lowest BCUT2D eigenvalue weighted by molar-refractivity contribution is -0.118. The molecule has 1 heterocycles. The number of ether oxygens (including phenoxy) is 1. The average Bonchev–Trinajstić information content (AvgIpc) is 2.49. The van der Waals surface area contributed by atoms with Crippen LogP contribution in [-0.2, 0) is 11.3 Å². The Morgan fingerprint density at radius 1 is 1.29 bits per heavy atom.